The largest absolute Gasteiger partial charge is 0.373 e. The minimum absolute atomic E-state index is 0.0704. The van der Waals surface area contributed by atoms with E-state index in [-0.39, 0.29) is 11.6 Å². The molecule has 0 aromatic heterocycles. The Hall–Kier alpha value is -1.34. The Labute approximate surface area is 125 Å². The van der Waals surface area contributed by atoms with E-state index in [4.69, 9.17) is 0 Å². The van der Waals surface area contributed by atoms with Crippen LogP contribution in [0.1, 0.15) is 13.3 Å². The third-order valence-corrected chi connectivity index (χ3v) is 5.10. The van der Waals surface area contributed by atoms with E-state index in [0.29, 0.717) is 13.1 Å². The van der Waals surface area contributed by atoms with Crippen molar-refractivity contribution in [2.45, 2.75) is 13.3 Å². The van der Waals surface area contributed by atoms with Gasteiger partial charge >= 0.3 is 0 Å². The van der Waals surface area contributed by atoms with Gasteiger partial charge in [-0.15, -0.1) is 0 Å². The molecule has 5 nitrogen and oxygen atoms in total. The van der Waals surface area contributed by atoms with E-state index in [0.717, 1.165) is 30.9 Å². The topological polar surface area (TPSA) is 52.7 Å². The van der Waals surface area contributed by atoms with Crippen molar-refractivity contribution in [1.82, 2.24) is 4.72 Å². The minimum atomic E-state index is -3.19. The van der Waals surface area contributed by atoms with Crippen LogP contribution in [0.2, 0.25) is 0 Å². The molecule has 0 spiro atoms. The summed E-state index contributed by atoms with van der Waals surface area (Å²) in [6.45, 7) is 4.15. The van der Waals surface area contributed by atoms with Gasteiger partial charge in [-0.05, 0) is 31.5 Å². The Morgan fingerprint density at radius 2 is 2.05 bits per heavy atom. The normalized spacial score (nSPS) is 15.8. The van der Waals surface area contributed by atoms with Crippen molar-refractivity contribution in [2.24, 2.45) is 0 Å². The van der Waals surface area contributed by atoms with E-state index in [9.17, 15) is 12.8 Å². The first-order valence-electron chi connectivity index (χ1n) is 7.16. The monoisotopic (exact) mass is 315 g/mol. The molecule has 0 bridgehead atoms. The van der Waals surface area contributed by atoms with Gasteiger partial charge in [-0.1, -0.05) is 0 Å². The summed E-state index contributed by atoms with van der Waals surface area (Å²) in [6.07, 6.45) is 0.952. The first kappa shape index (κ1) is 16.0. The summed E-state index contributed by atoms with van der Waals surface area (Å²) in [5.41, 5.74) is 1.80. The minimum Gasteiger partial charge on any atom is -0.373 e. The van der Waals surface area contributed by atoms with Gasteiger partial charge in [0.05, 0.1) is 17.1 Å². The molecule has 1 aliphatic heterocycles. The van der Waals surface area contributed by atoms with Crippen LogP contribution in [0.3, 0.4) is 0 Å². The van der Waals surface area contributed by atoms with E-state index < -0.39 is 10.0 Å². The van der Waals surface area contributed by atoms with Crippen LogP contribution in [0.4, 0.5) is 15.8 Å². The number of benzene rings is 1. The summed E-state index contributed by atoms with van der Waals surface area (Å²) < 4.78 is 39.0. The van der Waals surface area contributed by atoms with Crippen LogP contribution in [-0.2, 0) is 10.0 Å². The van der Waals surface area contributed by atoms with Gasteiger partial charge in [0.1, 0.15) is 5.82 Å². The van der Waals surface area contributed by atoms with Crippen molar-refractivity contribution < 1.29 is 12.8 Å². The van der Waals surface area contributed by atoms with Crippen LogP contribution < -0.4 is 14.5 Å². The summed E-state index contributed by atoms with van der Waals surface area (Å²) in [6, 6.07) is 4.75. The number of anilines is 2. The Morgan fingerprint density at radius 1 is 1.29 bits per heavy atom. The van der Waals surface area contributed by atoms with E-state index in [1.807, 2.05) is 11.9 Å². The summed E-state index contributed by atoms with van der Waals surface area (Å²) in [7, 11) is -1.20. The second kappa shape index (κ2) is 6.62. The lowest BCUT2D eigenvalue weighted by molar-refractivity contribution is 0.581. The standard InChI is InChI=1S/C14H22FN3O2S/c1-3-21(19,20)16-7-10-18-9-4-8-17(2)13-6-5-12(15)11-14(13)18/h5-6,11,16H,3-4,7-10H2,1-2H3. The average molecular weight is 315 g/mol. The van der Waals surface area contributed by atoms with Crippen molar-refractivity contribution in [1.29, 1.82) is 0 Å². The summed E-state index contributed by atoms with van der Waals surface area (Å²) >= 11 is 0. The zero-order valence-electron chi connectivity index (χ0n) is 12.5. The van der Waals surface area contributed by atoms with Gasteiger partial charge in [0.15, 0.2) is 0 Å². The zero-order valence-corrected chi connectivity index (χ0v) is 13.3. The van der Waals surface area contributed by atoms with Crippen molar-refractivity contribution in [3.05, 3.63) is 24.0 Å². The highest BCUT2D eigenvalue weighted by Crippen LogP contribution is 2.31. The number of nitrogens with one attached hydrogen (secondary N) is 1. The van der Waals surface area contributed by atoms with E-state index >= 15 is 0 Å². The molecule has 0 atom stereocenters. The molecule has 1 aliphatic rings. The second-order valence-corrected chi connectivity index (χ2v) is 7.29. The van der Waals surface area contributed by atoms with Crippen LogP contribution in [0.5, 0.6) is 0 Å². The SMILES string of the molecule is CCS(=O)(=O)NCCN1CCCN(C)c2ccc(F)cc21. The Kier molecular flexibility index (Phi) is 5.05. The maximum atomic E-state index is 13.5. The van der Waals surface area contributed by atoms with Crippen molar-refractivity contribution in [2.75, 3.05) is 48.8 Å². The fourth-order valence-electron chi connectivity index (χ4n) is 2.48. The van der Waals surface area contributed by atoms with Crippen molar-refractivity contribution in [3.63, 3.8) is 0 Å². The van der Waals surface area contributed by atoms with Gasteiger partial charge in [0.2, 0.25) is 10.0 Å². The van der Waals surface area contributed by atoms with Gasteiger partial charge in [-0.2, -0.15) is 0 Å². The van der Waals surface area contributed by atoms with E-state index in [2.05, 4.69) is 9.62 Å². The number of halogens is 1. The van der Waals surface area contributed by atoms with Crippen LogP contribution in [-0.4, -0.2) is 47.4 Å². The molecule has 2 rings (SSSR count). The third kappa shape index (κ3) is 4.07. The molecule has 1 aromatic carbocycles. The molecule has 21 heavy (non-hydrogen) atoms. The number of rotatable bonds is 5. The van der Waals surface area contributed by atoms with Crippen molar-refractivity contribution in [3.8, 4) is 0 Å². The van der Waals surface area contributed by atoms with Crippen LogP contribution in [0.25, 0.3) is 0 Å². The maximum absolute atomic E-state index is 13.5. The molecule has 1 N–H and O–H groups in total. The lowest BCUT2D eigenvalue weighted by atomic mass is 10.2. The molecule has 1 heterocycles. The molecular formula is C14H22FN3O2S. The highest BCUT2D eigenvalue weighted by atomic mass is 32.2. The highest BCUT2D eigenvalue weighted by Gasteiger charge is 2.19. The quantitative estimate of drug-likeness (QED) is 0.893. The van der Waals surface area contributed by atoms with Crippen LogP contribution in [0, 0.1) is 5.82 Å². The molecule has 0 fully saturated rings. The predicted molar refractivity (Wildman–Crippen MR) is 84.0 cm³/mol. The molecule has 0 amide bonds. The maximum Gasteiger partial charge on any atom is 0.211 e. The van der Waals surface area contributed by atoms with Crippen LogP contribution in [0.15, 0.2) is 18.2 Å². The van der Waals surface area contributed by atoms with Gasteiger partial charge in [-0.3, -0.25) is 0 Å². The fraction of sp³-hybridized carbons (Fsp3) is 0.571. The first-order valence-corrected chi connectivity index (χ1v) is 8.81. The number of hydrogen-bond acceptors (Lipinski definition) is 4. The van der Waals surface area contributed by atoms with Gasteiger partial charge < -0.3 is 9.80 Å². The Bertz CT molecular complexity index is 592. The molecule has 118 valence electrons. The zero-order chi connectivity index (χ0) is 15.5. The molecule has 0 radical (unpaired) electrons. The number of fused-ring (bicyclic) bond motifs is 1. The fourth-order valence-corrected chi connectivity index (χ4v) is 3.09. The number of hydrogen-bond donors (Lipinski definition) is 1. The predicted octanol–water partition coefficient (Wildman–Crippen LogP) is 1.41. The first-order chi connectivity index (χ1) is 9.93. The smallest absolute Gasteiger partial charge is 0.211 e. The number of nitrogens with zero attached hydrogens (tertiary/aromatic N) is 2. The Balaban J connectivity index is 2.13. The molecule has 0 saturated heterocycles. The molecule has 0 saturated carbocycles. The van der Waals surface area contributed by atoms with E-state index in [1.165, 1.54) is 12.1 Å². The molecule has 0 unspecified atom stereocenters. The molecule has 7 heteroatoms. The molecule has 1 aromatic rings. The second-order valence-electron chi connectivity index (χ2n) is 5.19. The molecule has 0 aliphatic carbocycles. The lowest BCUT2D eigenvalue weighted by Gasteiger charge is -2.26. The number of sulfonamides is 1. The lowest BCUT2D eigenvalue weighted by Crippen LogP contribution is -2.36. The van der Waals surface area contributed by atoms with Gasteiger partial charge in [0.25, 0.3) is 0 Å². The molecular weight excluding hydrogens is 293 g/mol. The highest BCUT2D eigenvalue weighted by molar-refractivity contribution is 7.89. The average Bonchev–Trinajstić information content (AvgIpc) is 2.59. The van der Waals surface area contributed by atoms with Crippen LogP contribution >= 0.6 is 0 Å². The summed E-state index contributed by atoms with van der Waals surface area (Å²) in [5.74, 6) is -0.204. The third-order valence-electron chi connectivity index (χ3n) is 3.69. The van der Waals surface area contributed by atoms with E-state index in [1.54, 1.807) is 13.0 Å². The van der Waals surface area contributed by atoms with Gasteiger partial charge in [0, 0.05) is 33.2 Å². The summed E-state index contributed by atoms with van der Waals surface area (Å²) in [5, 5.41) is 0. The van der Waals surface area contributed by atoms with Gasteiger partial charge in [-0.25, -0.2) is 17.5 Å². The summed E-state index contributed by atoms with van der Waals surface area (Å²) in [4.78, 5) is 4.14. The Morgan fingerprint density at radius 3 is 2.76 bits per heavy atom. The van der Waals surface area contributed by atoms with Crippen molar-refractivity contribution >= 4 is 21.4 Å².